The SMILES string of the molecule is Cc1ccc(C)c(OCc2cccnc2N)c1. The van der Waals surface area contributed by atoms with Gasteiger partial charge >= 0.3 is 0 Å². The van der Waals surface area contributed by atoms with Crippen LogP contribution in [0.1, 0.15) is 16.7 Å². The van der Waals surface area contributed by atoms with E-state index in [9.17, 15) is 0 Å². The molecule has 0 unspecified atom stereocenters. The zero-order chi connectivity index (χ0) is 12.3. The summed E-state index contributed by atoms with van der Waals surface area (Å²) in [5.74, 6) is 1.42. The third-order valence-corrected chi connectivity index (χ3v) is 2.65. The fourth-order valence-electron chi connectivity index (χ4n) is 1.59. The lowest BCUT2D eigenvalue weighted by molar-refractivity contribution is 0.304. The number of benzene rings is 1. The van der Waals surface area contributed by atoms with Gasteiger partial charge in [0.2, 0.25) is 0 Å². The molecule has 0 radical (unpaired) electrons. The first kappa shape index (κ1) is 11.5. The van der Waals surface area contributed by atoms with Crippen LogP contribution in [-0.2, 0) is 6.61 Å². The number of pyridine rings is 1. The third-order valence-electron chi connectivity index (χ3n) is 2.65. The van der Waals surface area contributed by atoms with E-state index in [0.29, 0.717) is 12.4 Å². The van der Waals surface area contributed by atoms with Crippen molar-refractivity contribution in [3.63, 3.8) is 0 Å². The van der Waals surface area contributed by atoms with E-state index in [0.717, 1.165) is 16.9 Å². The molecule has 0 atom stereocenters. The van der Waals surface area contributed by atoms with Gasteiger partial charge < -0.3 is 10.5 Å². The van der Waals surface area contributed by atoms with E-state index in [1.807, 2.05) is 32.0 Å². The van der Waals surface area contributed by atoms with Gasteiger partial charge in [-0.3, -0.25) is 0 Å². The predicted octanol–water partition coefficient (Wildman–Crippen LogP) is 2.86. The Labute approximate surface area is 101 Å². The number of ether oxygens (including phenoxy) is 1. The number of anilines is 1. The molecule has 0 spiro atoms. The van der Waals surface area contributed by atoms with E-state index in [1.54, 1.807) is 6.20 Å². The molecule has 0 aliphatic heterocycles. The van der Waals surface area contributed by atoms with Crippen LogP contribution in [0.15, 0.2) is 36.5 Å². The van der Waals surface area contributed by atoms with Crippen LogP contribution in [0.3, 0.4) is 0 Å². The van der Waals surface area contributed by atoms with Gasteiger partial charge in [0.05, 0.1) is 0 Å². The van der Waals surface area contributed by atoms with Crippen molar-refractivity contribution in [1.29, 1.82) is 0 Å². The van der Waals surface area contributed by atoms with Crippen molar-refractivity contribution in [1.82, 2.24) is 4.98 Å². The van der Waals surface area contributed by atoms with Gasteiger partial charge in [0.15, 0.2) is 0 Å². The molecule has 0 amide bonds. The molecule has 1 aromatic carbocycles. The molecule has 3 heteroatoms. The lowest BCUT2D eigenvalue weighted by Crippen LogP contribution is -2.02. The second kappa shape index (κ2) is 4.87. The lowest BCUT2D eigenvalue weighted by Gasteiger charge is -2.10. The van der Waals surface area contributed by atoms with E-state index in [4.69, 9.17) is 10.5 Å². The summed E-state index contributed by atoms with van der Waals surface area (Å²) in [7, 11) is 0. The van der Waals surface area contributed by atoms with Crippen LogP contribution in [0.5, 0.6) is 5.75 Å². The van der Waals surface area contributed by atoms with Gasteiger partial charge in [-0.05, 0) is 37.1 Å². The Balaban J connectivity index is 2.12. The number of nitrogens with two attached hydrogens (primary N) is 1. The van der Waals surface area contributed by atoms with Gasteiger partial charge in [0, 0.05) is 11.8 Å². The number of nitrogens with zero attached hydrogens (tertiary/aromatic N) is 1. The predicted molar refractivity (Wildman–Crippen MR) is 68.9 cm³/mol. The van der Waals surface area contributed by atoms with Crippen molar-refractivity contribution >= 4 is 5.82 Å². The summed E-state index contributed by atoms with van der Waals surface area (Å²) in [5.41, 5.74) is 8.98. The number of hydrogen-bond acceptors (Lipinski definition) is 3. The van der Waals surface area contributed by atoms with Gasteiger partial charge in [-0.25, -0.2) is 4.98 Å². The molecule has 0 saturated heterocycles. The maximum absolute atomic E-state index is 5.76. The van der Waals surface area contributed by atoms with Gasteiger partial charge in [0.25, 0.3) is 0 Å². The Morgan fingerprint density at radius 1 is 1.24 bits per heavy atom. The summed E-state index contributed by atoms with van der Waals surface area (Å²) in [4.78, 5) is 4.03. The molecule has 2 rings (SSSR count). The lowest BCUT2D eigenvalue weighted by atomic mass is 10.1. The minimum absolute atomic E-state index is 0.448. The molecule has 1 aromatic heterocycles. The minimum Gasteiger partial charge on any atom is -0.488 e. The summed E-state index contributed by atoms with van der Waals surface area (Å²) in [6.45, 7) is 4.52. The van der Waals surface area contributed by atoms with Crippen molar-refractivity contribution in [3.8, 4) is 5.75 Å². The summed E-state index contributed by atoms with van der Waals surface area (Å²) in [6.07, 6.45) is 1.68. The normalized spacial score (nSPS) is 10.2. The van der Waals surface area contributed by atoms with Gasteiger partial charge in [-0.1, -0.05) is 18.2 Å². The Morgan fingerprint density at radius 3 is 2.82 bits per heavy atom. The number of aryl methyl sites for hydroxylation is 2. The van der Waals surface area contributed by atoms with Crippen LogP contribution < -0.4 is 10.5 Å². The maximum Gasteiger partial charge on any atom is 0.129 e. The third kappa shape index (κ3) is 2.75. The van der Waals surface area contributed by atoms with Gasteiger partial charge in [0.1, 0.15) is 18.2 Å². The smallest absolute Gasteiger partial charge is 0.129 e. The largest absolute Gasteiger partial charge is 0.488 e. The van der Waals surface area contributed by atoms with Crippen LogP contribution in [0, 0.1) is 13.8 Å². The number of nitrogen functional groups attached to an aromatic ring is 1. The van der Waals surface area contributed by atoms with Gasteiger partial charge in [-0.15, -0.1) is 0 Å². The van der Waals surface area contributed by atoms with Crippen molar-refractivity contribution in [2.45, 2.75) is 20.5 Å². The van der Waals surface area contributed by atoms with E-state index < -0.39 is 0 Å². The minimum atomic E-state index is 0.448. The first-order chi connectivity index (χ1) is 8.16. The van der Waals surface area contributed by atoms with Crippen molar-refractivity contribution < 1.29 is 4.74 Å². The number of aromatic nitrogens is 1. The molecule has 0 aliphatic carbocycles. The topological polar surface area (TPSA) is 48.1 Å². The number of rotatable bonds is 3. The summed E-state index contributed by atoms with van der Waals surface area (Å²) >= 11 is 0. The Hall–Kier alpha value is -2.03. The fraction of sp³-hybridized carbons (Fsp3) is 0.214. The number of hydrogen-bond donors (Lipinski definition) is 1. The van der Waals surface area contributed by atoms with Crippen LogP contribution in [0.2, 0.25) is 0 Å². The first-order valence-electron chi connectivity index (χ1n) is 5.56. The standard InChI is InChI=1S/C14H16N2O/c1-10-5-6-11(2)13(8-10)17-9-12-4-3-7-16-14(12)15/h3-8H,9H2,1-2H3,(H2,15,16). The molecule has 17 heavy (non-hydrogen) atoms. The van der Waals surface area contributed by atoms with Crippen LogP contribution >= 0.6 is 0 Å². The fourth-order valence-corrected chi connectivity index (χ4v) is 1.59. The highest BCUT2D eigenvalue weighted by Crippen LogP contribution is 2.21. The summed E-state index contributed by atoms with van der Waals surface area (Å²) < 4.78 is 5.76. The Kier molecular flexibility index (Phi) is 3.28. The molecule has 0 aliphatic rings. The summed E-state index contributed by atoms with van der Waals surface area (Å²) in [6, 6.07) is 9.94. The molecule has 2 N–H and O–H groups in total. The molecule has 3 nitrogen and oxygen atoms in total. The van der Waals surface area contributed by atoms with E-state index in [-0.39, 0.29) is 0 Å². The molecule has 0 bridgehead atoms. The molecule has 0 saturated carbocycles. The molecular formula is C14H16N2O. The van der Waals surface area contributed by atoms with E-state index >= 15 is 0 Å². The monoisotopic (exact) mass is 228 g/mol. The van der Waals surface area contributed by atoms with Crippen LogP contribution in [0.25, 0.3) is 0 Å². The average molecular weight is 228 g/mol. The second-order valence-corrected chi connectivity index (χ2v) is 4.11. The van der Waals surface area contributed by atoms with Crippen LogP contribution in [-0.4, -0.2) is 4.98 Å². The molecular weight excluding hydrogens is 212 g/mol. The highest BCUT2D eigenvalue weighted by atomic mass is 16.5. The quantitative estimate of drug-likeness (QED) is 0.878. The highest BCUT2D eigenvalue weighted by molar-refractivity contribution is 5.40. The molecule has 88 valence electrons. The zero-order valence-corrected chi connectivity index (χ0v) is 10.1. The van der Waals surface area contributed by atoms with E-state index in [1.165, 1.54) is 5.56 Å². The molecule has 1 heterocycles. The van der Waals surface area contributed by atoms with Crippen molar-refractivity contribution in [3.05, 3.63) is 53.2 Å². The highest BCUT2D eigenvalue weighted by Gasteiger charge is 2.03. The summed E-state index contributed by atoms with van der Waals surface area (Å²) in [5, 5.41) is 0. The molecule has 2 aromatic rings. The van der Waals surface area contributed by atoms with Crippen LogP contribution in [0.4, 0.5) is 5.82 Å². The maximum atomic E-state index is 5.76. The van der Waals surface area contributed by atoms with Crippen molar-refractivity contribution in [2.75, 3.05) is 5.73 Å². The average Bonchev–Trinajstić information content (AvgIpc) is 2.32. The second-order valence-electron chi connectivity index (χ2n) is 4.11. The molecule has 0 fully saturated rings. The first-order valence-corrected chi connectivity index (χ1v) is 5.56. The zero-order valence-electron chi connectivity index (χ0n) is 10.1. The Bertz CT molecular complexity index is 523. The van der Waals surface area contributed by atoms with Gasteiger partial charge in [-0.2, -0.15) is 0 Å². The Morgan fingerprint density at radius 2 is 2.06 bits per heavy atom. The van der Waals surface area contributed by atoms with E-state index in [2.05, 4.69) is 17.1 Å². The van der Waals surface area contributed by atoms with Crippen molar-refractivity contribution in [2.24, 2.45) is 0 Å².